The van der Waals surface area contributed by atoms with Crippen LogP contribution in [0.5, 0.6) is 0 Å². The van der Waals surface area contributed by atoms with Crippen LogP contribution in [0.2, 0.25) is 0 Å². The minimum Gasteiger partial charge on any atom is -0.550 e. The number of ether oxygens (including phenoxy) is 1. The summed E-state index contributed by atoms with van der Waals surface area (Å²) in [5, 5.41) is 23.3. The van der Waals surface area contributed by atoms with Crippen molar-refractivity contribution in [2.75, 3.05) is 0 Å². The van der Waals surface area contributed by atoms with Crippen molar-refractivity contribution in [1.82, 2.24) is 9.78 Å². The lowest BCUT2D eigenvalue weighted by atomic mass is 10.2. The second-order valence-corrected chi connectivity index (χ2v) is 4.73. The van der Waals surface area contributed by atoms with Crippen LogP contribution in [0.3, 0.4) is 0 Å². The molecule has 0 aliphatic carbocycles. The Hall–Kier alpha value is -1.89. The summed E-state index contributed by atoms with van der Waals surface area (Å²) in [7, 11) is 0. The van der Waals surface area contributed by atoms with Gasteiger partial charge in [-0.05, 0) is 26.8 Å². The molecule has 0 saturated heterocycles. The van der Waals surface area contributed by atoms with Gasteiger partial charge in [-0.1, -0.05) is 0 Å². The standard InChI is InChI=1S/C11H16N2O5/c1-11(2,3)18-10(17)13-8(5-9(15)16)4-7(6-14)12-13/h4,14H,5-6H2,1-3H3,(H,15,16)/p-1. The van der Waals surface area contributed by atoms with Crippen molar-refractivity contribution in [3.05, 3.63) is 17.5 Å². The number of aliphatic hydroxyl groups excluding tert-OH is 1. The number of carboxylic acid groups (broad SMARTS) is 1. The maximum atomic E-state index is 11.8. The average molecular weight is 255 g/mol. The highest BCUT2D eigenvalue weighted by Crippen LogP contribution is 2.12. The van der Waals surface area contributed by atoms with Gasteiger partial charge in [-0.3, -0.25) is 0 Å². The molecule has 1 rings (SSSR count). The Balaban J connectivity index is 3.02. The van der Waals surface area contributed by atoms with Crippen LogP contribution < -0.4 is 5.11 Å². The van der Waals surface area contributed by atoms with Crippen molar-refractivity contribution in [3.63, 3.8) is 0 Å². The molecule has 0 aliphatic rings. The number of hydrogen-bond donors (Lipinski definition) is 1. The third kappa shape index (κ3) is 3.85. The molecule has 0 bridgehead atoms. The van der Waals surface area contributed by atoms with E-state index in [0.717, 1.165) is 4.68 Å². The lowest BCUT2D eigenvalue weighted by Gasteiger charge is -2.19. The molecule has 0 atom stereocenters. The Morgan fingerprint density at radius 3 is 2.56 bits per heavy atom. The number of carbonyl (C=O) groups is 2. The molecule has 0 radical (unpaired) electrons. The van der Waals surface area contributed by atoms with Gasteiger partial charge < -0.3 is 19.7 Å². The zero-order valence-corrected chi connectivity index (χ0v) is 10.5. The fourth-order valence-corrected chi connectivity index (χ4v) is 1.29. The highest BCUT2D eigenvalue weighted by atomic mass is 16.6. The quantitative estimate of drug-likeness (QED) is 0.777. The van der Waals surface area contributed by atoms with Crippen molar-refractivity contribution in [2.24, 2.45) is 0 Å². The van der Waals surface area contributed by atoms with Crippen molar-refractivity contribution < 1.29 is 24.5 Å². The Labute approximate surface area is 104 Å². The van der Waals surface area contributed by atoms with Crippen molar-refractivity contribution in [3.8, 4) is 0 Å². The average Bonchev–Trinajstić information content (AvgIpc) is 2.57. The van der Waals surface area contributed by atoms with Gasteiger partial charge in [0.15, 0.2) is 0 Å². The molecule has 0 aliphatic heterocycles. The van der Waals surface area contributed by atoms with E-state index in [1.807, 2.05) is 0 Å². The van der Waals surface area contributed by atoms with Gasteiger partial charge in [0.25, 0.3) is 0 Å². The van der Waals surface area contributed by atoms with Gasteiger partial charge in [0.05, 0.1) is 18.0 Å². The summed E-state index contributed by atoms with van der Waals surface area (Å²) < 4.78 is 5.90. The summed E-state index contributed by atoms with van der Waals surface area (Å²) in [6, 6.07) is 1.32. The fraction of sp³-hybridized carbons (Fsp3) is 0.545. The number of hydrogen-bond acceptors (Lipinski definition) is 6. The Kier molecular flexibility index (Phi) is 4.07. The van der Waals surface area contributed by atoms with Crippen LogP contribution in [0, 0.1) is 0 Å². The van der Waals surface area contributed by atoms with Gasteiger partial charge in [-0.2, -0.15) is 9.78 Å². The van der Waals surface area contributed by atoms with Gasteiger partial charge >= 0.3 is 6.09 Å². The van der Waals surface area contributed by atoms with Crippen molar-refractivity contribution >= 4 is 12.1 Å². The predicted molar refractivity (Wildman–Crippen MR) is 58.5 cm³/mol. The van der Waals surface area contributed by atoms with E-state index in [9.17, 15) is 14.7 Å². The molecule has 0 spiro atoms. The first-order chi connectivity index (χ1) is 8.23. The molecule has 7 nitrogen and oxygen atoms in total. The number of carbonyl (C=O) groups excluding carboxylic acids is 2. The van der Waals surface area contributed by atoms with Gasteiger partial charge in [0.1, 0.15) is 5.60 Å². The lowest BCUT2D eigenvalue weighted by molar-refractivity contribution is -0.304. The SMILES string of the molecule is CC(C)(C)OC(=O)n1nc(CO)cc1CC(=O)[O-]. The molecule has 0 unspecified atom stereocenters. The minimum atomic E-state index is -1.34. The van der Waals surface area contributed by atoms with E-state index in [1.165, 1.54) is 6.07 Å². The summed E-state index contributed by atoms with van der Waals surface area (Å²) >= 11 is 0. The smallest absolute Gasteiger partial charge is 0.435 e. The second-order valence-electron chi connectivity index (χ2n) is 4.73. The molecule has 0 aromatic carbocycles. The first kappa shape index (κ1) is 14.2. The molecule has 0 saturated carbocycles. The third-order valence-electron chi connectivity index (χ3n) is 1.89. The van der Waals surface area contributed by atoms with Crippen LogP contribution in [0.4, 0.5) is 4.79 Å². The number of aromatic nitrogens is 2. The minimum absolute atomic E-state index is 0.105. The molecule has 100 valence electrons. The van der Waals surface area contributed by atoms with Crippen LogP contribution >= 0.6 is 0 Å². The van der Waals surface area contributed by atoms with E-state index in [1.54, 1.807) is 20.8 Å². The molecular formula is C11H15N2O5-. The number of rotatable bonds is 3. The molecule has 1 aromatic heterocycles. The highest BCUT2D eigenvalue weighted by Gasteiger charge is 2.21. The van der Waals surface area contributed by atoms with Crippen LogP contribution in [0.1, 0.15) is 32.2 Å². The van der Waals surface area contributed by atoms with Crippen molar-refractivity contribution in [1.29, 1.82) is 0 Å². The normalized spacial score (nSPS) is 11.3. The summed E-state index contributed by atoms with van der Waals surface area (Å²) in [6.07, 6.45) is -1.27. The molecule has 1 N–H and O–H groups in total. The molecule has 1 heterocycles. The molecule has 7 heteroatoms. The van der Waals surface area contributed by atoms with Crippen LogP contribution in [-0.2, 0) is 22.6 Å². The largest absolute Gasteiger partial charge is 0.550 e. The Morgan fingerprint density at radius 2 is 2.11 bits per heavy atom. The van der Waals surface area contributed by atoms with Crippen molar-refractivity contribution in [2.45, 2.75) is 39.4 Å². The van der Waals surface area contributed by atoms with Crippen LogP contribution in [0.15, 0.2) is 6.07 Å². The topological polar surface area (TPSA) is 104 Å². The maximum Gasteiger partial charge on any atom is 0.435 e. The summed E-state index contributed by atoms with van der Waals surface area (Å²) in [5.74, 6) is -1.34. The number of aliphatic carboxylic acids is 1. The Bertz CT molecular complexity index is 458. The van der Waals surface area contributed by atoms with E-state index in [2.05, 4.69) is 5.10 Å². The third-order valence-corrected chi connectivity index (χ3v) is 1.89. The number of nitrogens with zero attached hydrogens (tertiary/aromatic N) is 2. The molecule has 18 heavy (non-hydrogen) atoms. The summed E-state index contributed by atoms with van der Waals surface area (Å²) in [5.41, 5.74) is -0.424. The first-order valence-electron chi connectivity index (χ1n) is 5.35. The van der Waals surface area contributed by atoms with Gasteiger partial charge in [0, 0.05) is 12.4 Å². The van der Waals surface area contributed by atoms with Crippen LogP contribution in [0.25, 0.3) is 0 Å². The summed E-state index contributed by atoms with van der Waals surface area (Å²) in [4.78, 5) is 22.3. The van der Waals surface area contributed by atoms with Gasteiger partial charge in [-0.25, -0.2) is 4.79 Å². The number of carboxylic acids is 1. The molecule has 0 fully saturated rings. The van der Waals surface area contributed by atoms with E-state index in [0.29, 0.717) is 0 Å². The number of aliphatic hydroxyl groups is 1. The monoisotopic (exact) mass is 255 g/mol. The molecular weight excluding hydrogens is 240 g/mol. The lowest BCUT2D eigenvalue weighted by Crippen LogP contribution is -2.31. The maximum absolute atomic E-state index is 11.8. The Morgan fingerprint density at radius 1 is 1.50 bits per heavy atom. The van der Waals surface area contributed by atoms with Gasteiger partial charge in [0.2, 0.25) is 0 Å². The molecule has 0 amide bonds. The van der Waals surface area contributed by atoms with Crippen LogP contribution in [-0.4, -0.2) is 32.6 Å². The summed E-state index contributed by atoms with van der Waals surface area (Å²) in [6.45, 7) is 4.65. The zero-order valence-electron chi connectivity index (χ0n) is 10.5. The van der Waals surface area contributed by atoms with E-state index in [4.69, 9.17) is 9.84 Å². The molecule has 1 aromatic rings. The van der Waals surface area contributed by atoms with E-state index >= 15 is 0 Å². The highest BCUT2D eigenvalue weighted by molar-refractivity contribution is 5.74. The van der Waals surface area contributed by atoms with E-state index in [-0.39, 0.29) is 11.4 Å². The fourth-order valence-electron chi connectivity index (χ4n) is 1.29. The first-order valence-corrected chi connectivity index (χ1v) is 5.35. The predicted octanol–water partition coefficient (Wildman–Crippen LogP) is -0.549. The van der Waals surface area contributed by atoms with E-state index < -0.39 is 30.7 Å². The van der Waals surface area contributed by atoms with Gasteiger partial charge in [-0.15, -0.1) is 0 Å². The second kappa shape index (κ2) is 5.18. The zero-order chi connectivity index (χ0) is 13.9.